The van der Waals surface area contributed by atoms with Crippen LogP contribution in [0.3, 0.4) is 0 Å². The van der Waals surface area contributed by atoms with Gasteiger partial charge in [-0.2, -0.15) is 0 Å². The van der Waals surface area contributed by atoms with Gasteiger partial charge in [-0.1, -0.05) is 12.8 Å². The molecule has 2 amide bonds. The van der Waals surface area contributed by atoms with Crippen molar-refractivity contribution in [3.05, 3.63) is 0 Å². The summed E-state index contributed by atoms with van der Waals surface area (Å²) in [6.45, 7) is 2.29. The lowest BCUT2D eigenvalue weighted by Crippen LogP contribution is -2.43. The van der Waals surface area contributed by atoms with E-state index in [2.05, 4.69) is 10.6 Å². The Labute approximate surface area is 78.1 Å². The SMILES string of the molecule is CCNC(=O)C(=O)NC1CCCC1. The highest BCUT2D eigenvalue weighted by atomic mass is 16.2. The van der Waals surface area contributed by atoms with Crippen LogP contribution in [0.5, 0.6) is 0 Å². The lowest BCUT2D eigenvalue weighted by atomic mass is 10.2. The van der Waals surface area contributed by atoms with Crippen molar-refractivity contribution in [3.63, 3.8) is 0 Å². The van der Waals surface area contributed by atoms with Gasteiger partial charge in [-0.05, 0) is 19.8 Å². The van der Waals surface area contributed by atoms with Crippen molar-refractivity contribution in [2.24, 2.45) is 0 Å². The fourth-order valence-electron chi connectivity index (χ4n) is 1.56. The maximum absolute atomic E-state index is 11.2. The Morgan fingerprint density at radius 1 is 1.23 bits per heavy atom. The van der Waals surface area contributed by atoms with E-state index < -0.39 is 11.8 Å². The second-order valence-electron chi connectivity index (χ2n) is 3.31. The van der Waals surface area contributed by atoms with Gasteiger partial charge in [0.05, 0.1) is 0 Å². The molecular weight excluding hydrogens is 168 g/mol. The zero-order chi connectivity index (χ0) is 9.68. The molecule has 0 unspecified atom stereocenters. The quantitative estimate of drug-likeness (QED) is 0.601. The molecule has 1 aliphatic rings. The molecule has 2 N–H and O–H groups in total. The molecule has 1 aliphatic carbocycles. The highest BCUT2D eigenvalue weighted by Gasteiger charge is 2.20. The van der Waals surface area contributed by atoms with Crippen LogP contribution < -0.4 is 10.6 Å². The molecule has 0 radical (unpaired) electrons. The second-order valence-corrected chi connectivity index (χ2v) is 3.31. The lowest BCUT2D eigenvalue weighted by Gasteiger charge is -2.10. The Morgan fingerprint density at radius 3 is 2.38 bits per heavy atom. The molecule has 0 spiro atoms. The van der Waals surface area contributed by atoms with Crippen molar-refractivity contribution >= 4 is 11.8 Å². The van der Waals surface area contributed by atoms with E-state index in [1.54, 1.807) is 6.92 Å². The van der Waals surface area contributed by atoms with Gasteiger partial charge in [0.25, 0.3) is 0 Å². The van der Waals surface area contributed by atoms with E-state index in [1.165, 1.54) is 0 Å². The maximum Gasteiger partial charge on any atom is 0.309 e. The van der Waals surface area contributed by atoms with Crippen LogP contribution in [0.25, 0.3) is 0 Å². The van der Waals surface area contributed by atoms with Crippen LogP contribution >= 0.6 is 0 Å². The molecular formula is C9H16N2O2. The van der Waals surface area contributed by atoms with Crippen LogP contribution in [0.2, 0.25) is 0 Å². The first-order valence-corrected chi connectivity index (χ1v) is 4.82. The molecule has 0 aromatic rings. The van der Waals surface area contributed by atoms with Gasteiger partial charge in [-0.15, -0.1) is 0 Å². The summed E-state index contributed by atoms with van der Waals surface area (Å²) in [6, 6.07) is 0.218. The average molecular weight is 184 g/mol. The average Bonchev–Trinajstić information content (AvgIpc) is 2.57. The summed E-state index contributed by atoms with van der Waals surface area (Å²) in [5.74, 6) is -1.01. The Morgan fingerprint density at radius 2 is 1.85 bits per heavy atom. The van der Waals surface area contributed by atoms with Gasteiger partial charge < -0.3 is 10.6 Å². The molecule has 4 nitrogen and oxygen atoms in total. The Kier molecular flexibility index (Phi) is 3.73. The smallest absolute Gasteiger partial charge is 0.309 e. The van der Waals surface area contributed by atoms with Crippen LogP contribution in [-0.2, 0) is 9.59 Å². The van der Waals surface area contributed by atoms with E-state index in [1.807, 2.05) is 0 Å². The molecule has 13 heavy (non-hydrogen) atoms. The molecule has 0 saturated heterocycles. The molecule has 1 fully saturated rings. The molecule has 74 valence electrons. The summed E-state index contributed by atoms with van der Waals surface area (Å²) in [5.41, 5.74) is 0. The van der Waals surface area contributed by atoms with Gasteiger partial charge in [0.2, 0.25) is 0 Å². The molecule has 0 aliphatic heterocycles. The fourth-order valence-corrected chi connectivity index (χ4v) is 1.56. The number of amides is 2. The number of carbonyl (C=O) groups excluding carboxylic acids is 2. The number of hydrogen-bond acceptors (Lipinski definition) is 2. The Hall–Kier alpha value is -1.06. The van der Waals surface area contributed by atoms with Crippen molar-refractivity contribution in [2.45, 2.75) is 38.6 Å². The third kappa shape index (κ3) is 3.05. The number of likely N-dealkylation sites (N-methyl/N-ethyl adjacent to an activating group) is 1. The molecule has 4 heteroatoms. The summed E-state index contributed by atoms with van der Waals surface area (Å²) in [4.78, 5) is 22.2. The largest absolute Gasteiger partial charge is 0.348 e. The molecule has 0 aromatic heterocycles. The van der Waals surface area contributed by atoms with Gasteiger partial charge in [0.15, 0.2) is 0 Å². The van der Waals surface area contributed by atoms with Crippen molar-refractivity contribution in [1.82, 2.24) is 10.6 Å². The highest BCUT2D eigenvalue weighted by molar-refractivity contribution is 6.35. The predicted molar refractivity (Wildman–Crippen MR) is 49.1 cm³/mol. The molecule has 0 atom stereocenters. The minimum atomic E-state index is -0.519. The van der Waals surface area contributed by atoms with E-state index in [0.717, 1.165) is 25.7 Å². The Balaban J connectivity index is 2.27. The minimum Gasteiger partial charge on any atom is -0.348 e. The molecule has 0 bridgehead atoms. The van der Waals surface area contributed by atoms with Crippen LogP contribution in [0.1, 0.15) is 32.6 Å². The minimum absolute atomic E-state index is 0.218. The summed E-state index contributed by atoms with van der Waals surface area (Å²) >= 11 is 0. The topological polar surface area (TPSA) is 58.2 Å². The molecule has 0 aromatic carbocycles. The third-order valence-corrected chi connectivity index (χ3v) is 2.23. The van der Waals surface area contributed by atoms with Gasteiger partial charge in [-0.3, -0.25) is 9.59 Å². The van der Waals surface area contributed by atoms with Gasteiger partial charge in [-0.25, -0.2) is 0 Å². The number of hydrogen-bond donors (Lipinski definition) is 2. The van der Waals surface area contributed by atoms with Crippen molar-refractivity contribution in [3.8, 4) is 0 Å². The van der Waals surface area contributed by atoms with Crippen molar-refractivity contribution in [1.29, 1.82) is 0 Å². The summed E-state index contributed by atoms with van der Waals surface area (Å²) < 4.78 is 0. The lowest BCUT2D eigenvalue weighted by molar-refractivity contribution is -0.139. The zero-order valence-electron chi connectivity index (χ0n) is 7.93. The monoisotopic (exact) mass is 184 g/mol. The normalized spacial score (nSPS) is 17.0. The van der Waals surface area contributed by atoms with E-state index in [4.69, 9.17) is 0 Å². The first-order chi connectivity index (χ1) is 6.24. The zero-order valence-corrected chi connectivity index (χ0v) is 7.93. The van der Waals surface area contributed by atoms with E-state index >= 15 is 0 Å². The fraction of sp³-hybridized carbons (Fsp3) is 0.778. The molecule has 1 rings (SSSR count). The van der Waals surface area contributed by atoms with Crippen LogP contribution in [-0.4, -0.2) is 24.4 Å². The third-order valence-electron chi connectivity index (χ3n) is 2.23. The van der Waals surface area contributed by atoms with Crippen LogP contribution in [0, 0.1) is 0 Å². The summed E-state index contributed by atoms with van der Waals surface area (Å²) in [6.07, 6.45) is 4.32. The van der Waals surface area contributed by atoms with Crippen LogP contribution in [0.4, 0.5) is 0 Å². The predicted octanol–water partition coefficient (Wildman–Crippen LogP) is 0.181. The highest BCUT2D eigenvalue weighted by Crippen LogP contribution is 2.17. The van der Waals surface area contributed by atoms with Crippen LogP contribution in [0.15, 0.2) is 0 Å². The van der Waals surface area contributed by atoms with Gasteiger partial charge in [0.1, 0.15) is 0 Å². The number of nitrogens with one attached hydrogen (secondary N) is 2. The Bertz CT molecular complexity index is 198. The maximum atomic E-state index is 11.2. The first-order valence-electron chi connectivity index (χ1n) is 4.82. The van der Waals surface area contributed by atoms with Gasteiger partial charge >= 0.3 is 11.8 Å². The second kappa shape index (κ2) is 4.84. The summed E-state index contributed by atoms with van der Waals surface area (Å²) in [7, 11) is 0. The van der Waals surface area contributed by atoms with Crippen molar-refractivity contribution in [2.75, 3.05) is 6.54 Å². The molecule has 1 saturated carbocycles. The number of rotatable bonds is 2. The standard InChI is InChI=1S/C9H16N2O2/c1-2-10-8(12)9(13)11-7-5-3-4-6-7/h7H,2-6H2,1H3,(H,10,12)(H,11,13). The first kappa shape index (κ1) is 10.0. The van der Waals surface area contributed by atoms with E-state index in [-0.39, 0.29) is 6.04 Å². The van der Waals surface area contributed by atoms with Gasteiger partial charge in [0, 0.05) is 12.6 Å². The van der Waals surface area contributed by atoms with Crippen molar-refractivity contribution < 1.29 is 9.59 Å². The number of carbonyl (C=O) groups is 2. The molecule has 0 heterocycles. The van der Waals surface area contributed by atoms with E-state index in [0.29, 0.717) is 6.54 Å². The summed E-state index contributed by atoms with van der Waals surface area (Å²) in [5, 5.41) is 5.18. The van der Waals surface area contributed by atoms with E-state index in [9.17, 15) is 9.59 Å².